The summed E-state index contributed by atoms with van der Waals surface area (Å²) in [4.78, 5) is 0.687. The Kier molecular flexibility index (Phi) is 5.85. The molecule has 0 unspecified atom stereocenters. The first kappa shape index (κ1) is 16.5. The summed E-state index contributed by atoms with van der Waals surface area (Å²) < 4.78 is 37.1. The first-order valence-electron chi connectivity index (χ1n) is 7.53. The van der Waals surface area contributed by atoms with Crippen LogP contribution in [0.25, 0.3) is 0 Å². The van der Waals surface area contributed by atoms with Crippen molar-refractivity contribution in [3.8, 4) is 0 Å². The zero-order valence-electron chi connectivity index (χ0n) is 12.2. The largest absolute Gasteiger partial charge is 0.398 e. The molecule has 0 heterocycles. The van der Waals surface area contributed by atoms with Crippen LogP contribution in [0.3, 0.4) is 0 Å². The fourth-order valence-electron chi connectivity index (χ4n) is 2.81. The van der Waals surface area contributed by atoms with E-state index < -0.39 is 11.9 Å². The highest BCUT2D eigenvalue weighted by Crippen LogP contribution is 2.34. The summed E-state index contributed by atoms with van der Waals surface area (Å²) in [5, 5.41) is 3.44. The van der Waals surface area contributed by atoms with Crippen LogP contribution in [0.4, 0.5) is 18.9 Å². The summed E-state index contributed by atoms with van der Waals surface area (Å²) in [6, 6.07) is 7.69. The summed E-state index contributed by atoms with van der Waals surface area (Å²) in [6.07, 6.45) is 1.74. The molecule has 0 atom stereocenters. The van der Waals surface area contributed by atoms with Gasteiger partial charge < -0.3 is 5.32 Å². The van der Waals surface area contributed by atoms with Crippen LogP contribution in [0.2, 0.25) is 0 Å². The number of hydrogen-bond donors (Lipinski definition) is 1. The number of rotatable bonds is 5. The summed E-state index contributed by atoms with van der Waals surface area (Å²) >= 11 is 0.860. The highest BCUT2D eigenvalue weighted by atomic mass is 32.2. The van der Waals surface area contributed by atoms with Gasteiger partial charge in [-0.1, -0.05) is 25.5 Å². The second kappa shape index (κ2) is 7.43. The minimum absolute atomic E-state index is 0.389. The van der Waals surface area contributed by atoms with Crippen LogP contribution in [-0.2, 0) is 0 Å². The Morgan fingerprint density at radius 1 is 1.14 bits per heavy atom. The molecule has 1 aromatic carbocycles. The monoisotopic (exact) mass is 317 g/mol. The molecule has 1 fully saturated rings. The quantitative estimate of drug-likeness (QED) is 0.697. The van der Waals surface area contributed by atoms with Gasteiger partial charge in [0.25, 0.3) is 0 Å². The predicted octanol–water partition coefficient (Wildman–Crippen LogP) is 5.72. The van der Waals surface area contributed by atoms with Crippen molar-refractivity contribution in [2.24, 2.45) is 5.92 Å². The summed E-state index contributed by atoms with van der Waals surface area (Å²) in [5.74, 6) is -0.0215. The first-order chi connectivity index (χ1) is 9.98. The molecule has 0 amide bonds. The van der Waals surface area contributed by atoms with Crippen molar-refractivity contribution in [1.82, 2.24) is 0 Å². The lowest BCUT2D eigenvalue weighted by atomic mass is 9.84. The number of benzene rings is 1. The third-order valence-electron chi connectivity index (χ3n) is 4.06. The Hall–Kier alpha value is -0.840. The van der Waals surface area contributed by atoms with Crippen LogP contribution >= 0.6 is 11.8 Å². The SMILES string of the molecule is CCC1CCC(Nc2ccccc2SCC(F)(F)F)CC1. The molecule has 1 aliphatic rings. The smallest absolute Gasteiger partial charge is 0.381 e. The van der Waals surface area contributed by atoms with Gasteiger partial charge in [-0.3, -0.25) is 0 Å². The molecule has 0 aliphatic heterocycles. The minimum atomic E-state index is -4.13. The summed E-state index contributed by atoms with van der Waals surface area (Å²) in [5.41, 5.74) is 0.840. The van der Waals surface area contributed by atoms with Crippen molar-refractivity contribution in [2.75, 3.05) is 11.1 Å². The van der Waals surface area contributed by atoms with Crippen molar-refractivity contribution in [2.45, 2.75) is 56.1 Å². The van der Waals surface area contributed by atoms with Gasteiger partial charge in [0.05, 0.1) is 5.75 Å². The van der Waals surface area contributed by atoms with Gasteiger partial charge in [-0.25, -0.2) is 0 Å². The van der Waals surface area contributed by atoms with E-state index in [0.29, 0.717) is 10.9 Å². The number of nitrogens with one attached hydrogen (secondary N) is 1. The van der Waals surface area contributed by atoms with E-state index in [1.807, 2.05) is 12.1 Å². The average molecular weight is 317 g/mol. The molecule has 1 aromatic rings. The van der Waals surface area contributed by atoms with Gasteiger partial charge in [0.2, 0.25) is 0 Å². The lowest BCUT2D eigenvalue weighted by Gasteiger charge is -2.29. The molecule has 0 bridgehead atoms. The van der Waals surface area contributed by atoms with Crippen LogP contribution in [0, 0.1) is 5.92 Å². The van der Waals surface area contributed by atoms with Crippen molar-refractivity contribution in [3.05, 3.63) is 24.3 Å². The van der Waals surface area contributed by atoms with Gasteiger partial charge in [-0.2, -0.15) is 13.2 Å². The Labute approximate surface area is 128 Å². The molecule has 5 heteroatoms. The minimum Gasteiger partial charge on any atom is -0.381 e. The topological polar surface area (TPSA) is 12.0 Å². The maximum Gasteiger partial charge on any atom is 0.398 e. The van der Waals surface area contributed by atoms with E-state index in [1.54, 1.807) is 12.1 Å². The van der Waals surface area contributed by atoms with Crippen molar-refractivity contribution in [1.29, 1.82) is 0 Å². The van der Waals surface area contributed by atoms with Crippen molar-refractivity contribution in [3.63, 3.8) is 0 Å². The lowest BCUT2D eigenvalue weighted by molar-refractivity contribution is -0.105. The van der Waals surface area contributed by atoms with Gasteiger partial charge in [-0.05, 0) is 43.7 Å². The Morgan fingerprint density at radius 2 is 1.81 bits per heavy atom. The lowest BCUT2D eigenvalue weighted by Crippen LogP contribution is -2.26. The molecular weight excluding hydrogens is 295 g/mol. The van der Waals surface area contributed by atoms with E-state index in [0.717, 1.165) is 36.2 Å². The number of hydrogen-bond acceptors (Lipinski definition) is 2. The van der Waals surface area contributed by atoms with Gasteiger partial charge >= 0.3 is 6.18 Å². The Morgan fingerprint density at radius 3 is 2.43 bits per heavy atom. The number of thioether (sulfide) groups is 1. The zero-order chi connectivity index (χ0) is 15.3. The molecule has 0 spiro atoms. The summed E-state index contributed by atoms with van der Waals surface area (Å²) in [6.45, 7) is 2.22. The normalized spacial score (nSPS) is 23.0. The zero-order valence-corrected chi connectivity index (χ0v) is 13.1. The highest BCUT2D eigenvalue weighted by molar-refractivity contribution is 7.99. The molecule has 118 valence electrons. The van der Waals surface area contributed by atoms with Crippen LogP contribution in [-0.4, -0.2) is 18.0 Å². The van der Waals surface area contributed by atoms with Gasteiger partial charge in [0.15, 0.2) is 0 Å². The molecule has 0 radical (unpaired) electrons. The molecule has 0 saturated heterocycles. The third-order valence-corrected chi connectivity index (χ3v) is 5.20. The molecule has 1 nitrogen and oxygen atoms in total. The number of para-hydroxylation sites is 1. The third kappa shape index (κ3) is 5.46. The fourth-order valence-corrected chi connectivity index (χ4v) is 3.58. The molecule has 1 aliphatic carbocycles. The van der Waals surface area contributed by atoms with E-state index in [1.165, 1.54) is 19.3 Å². The second-order valence-corrected chi connectivity index (χ2v) is 6.69. The van der Waals surface area contributed by atoms with Gasteiger partial charge in [0.1, 0.15) is 0 Å². The van der Waals surface area contributed by atoms with Gasteiger partial charge in [0, 0.05) is 16.6 Å². The summed E-state index contributed by atoms with van der Waals surface area (Å²) in [7, 11) is 0. The van der Waals surface area contributed by atoms with Gasteiger partial charge in [-0.15, -0.1) is 11.8 Å². The van der Waals surface area contributed by atoms with Crippen LogP contribution in [0.1, 0.15) is 39.0 Å². The molecular formula is C16H22F3NS. The van der Waals surface area contributed by atoms with E-state index >= 15 is 0 Å². The number of alkyl halides is 3. The highest BCUT2D eigenvalue weighted by Gasteiger charge is 2.28. The second-order valence-electron chi connectivity index (χ2n) is 5.67. The molecule has 2 rings (SSSR count). The van der Waals surface area contributed by atoms with Crippen LogP contribution < -0.4 is 5.32 Å². The fraction of sp³-hybridized carbons (Fsp3) is 0.625. The van der Waals surface area contributed by atoms with E-state index in [4.69, 9.17) is 0 Å². The van der Waals surface area contributed by atoms with Crippen molar-refractivity contribution < 1.29 is 13.2 Å². The molecule has 1 saturated carbocycles. The maximum atomic E-state index is 12.4. The standard InChI is InChI=1S/C16H22F3NS/c1-2-12-7-9-13(10-8-12)20-14-5-3-4-6-15(14)21-11-16(17,18)19/h3-6,12-13,20H,2,7-11H2,1H3. The molecule has 21 heavy (non-hydrogen) atoms. The molecule has 0 aromatic heterocycles. The van der Waals surface area contributed by atoms with E-state index in [9.17, 15) is 13.2 Å². The van der Waals surface area contributed by atoms with Crippen LogP contribution in [0.15, 0.2) is 29.2 Å². The molecule has 1 N–H and O–H groups in total. The van der Waals surface area contributed by atoms with E-state index in [-0.39, 0.29) is 0 Å². The predicted molar refractivity (Wildman–Crippen MR) is 82.9 cm³/mol. The maximum absolute atomic E-state index is 12.4. The van der Waals surface area contributed by atoms with Crippen LogP contribution in [0.5, 0.6) is 0 Å². The average Bonchev–Trinajstić information content (AvgIpc) is 2.46. The number of halogens is 3. The Bertz CT molecular complexity index is 439. The van der Waals surface area contributed by atoms with Crippen molar-refractivity contribution >= 4 is 17.4 Å². The Balaban J connectivity index is 1.94. The van der Waals surface area contributed by atoms with E-state index in [2.05, 4.69) is 12.2 Å². The number of anilines is 1. The first-order valence-corrected chi connectivity index (χ1v) is 8.51.